The molecular formula is C40H53N5O9. The lowest BCUT2D eigenvalue weighted by Gasteiger charge is -2.57. The monoisotopic (exact) mass is 747 g/mol. The number of fused-ring (bicyclic) bond motifs is 9. The third-order valence-electron chi connectivity index (χ3n) is 10.8. The summed E-state index contributed by atoms with van der Waals surface area (Å²) in [5, 5.41) is 16.8. The molecule has 1 fully saturated rings. The van der Waals surface area contributed by atoms with Gasteiger partial charge in [0.05, 0.1) is 25.3 Å². The van der Waals surface area contributed by atoms with Crippen LogP contribution in [0.1, 0.15) is 79.6 Å². The first-order valence-electron chi connectivity index (χ1n) is 18.4. The Kier molecular flexibility index (Phi) is 11.2. The molecule has 4 heterocycles. The Labute approximate surface area is 317 Å². The highest BCUT2D eigenvalue weighted by atomic mass is 16.7. The fraction of sp³-hybridized carbons (Fsp3) is 0.575. The molecule has 2 amide bonds. The maximum absolute atomic E-state index is 13.7. The number of methoxy groups -OCH3 is 2. The van der Waals surface area contributed by atoms with Gasteiger partial charge in [0.25, 0.3) is 0 Å². The Morgan fingerprint density at radius 3 is 2.52 bits per heavy atom. The molecule has 2 aromatic carbocycles. The number of hydrogen-bond donors (Lipinski definition) is 2. The minimum Gasteiger partial charge on any atom is -0.493 e. The third-order valence-corrected chi connectivity index (χ3v) is 10.8. The number of hydrogen-bond acceptors (Lipinski definition) is 12. The summed E-state index contributed by atoms with van der Waals surface area (Å²) in [5.74, 6) is 2.65. The van der Waals surface area contributed by atoms with Crippen molar-refractivity contribution in [2.24, 2.45) is 0 Å². The van der Waals surface area contributed by atoms with Crippen molar-refractivity contribution in [1.82, 2.24) is 20.4 Å². The second-order valence-electron chi connectivity index (χ2n) is 15.3. The summed E-state index contributed by atoms with van der Waals surface area (Å²) >= 11 is 0. The first-order valence-corrected chi connectivity index (χ1v) is 18.4. The van der Waals surface area contributed by atoms with Crippen molar-refractivity contribution in [3.05, 3.63) is 52.1 Å². The van der Waals surface area contributed by atoms with E-state index in [-0.39, 0.29) is 44.9 Å². The zero-order chi connectivity index (χ0) is 39.1. The SMILES string of the molecule is C=CCOc1c(C)c2c(c3c1CC1[C@H]4c5c(cc(C)c(OC)c5OCOC)CC[C@@H]([C@H](C#N)N1C3CNC(=O)[C@H](C)NC(=O)OC(C)(C)C)N4C)OCO2. The van der Waals surface area contributed by atoms with Crippen molar-refractivity contribution >= 4 is 12.0 Å². The van der Waals surface area contributed by atoms with Gasteiger partial charge in [-0.1, -0.05) is 18.7 Å². The standard InChI is InChI=1S/C40H53N5O9/c1-11-14-50-34-22(3)35-37(53-20-52-35)31-25(34)16-27-32-30-24(15-21(2)33(49-10)36(30)51-19-48-9)12-13-26(44(32)8)28(17-41)45(27)29(31)18-42-38(46)23(4)43-39(47)54-40(5,6)7/h11,15,23,26-29,32H,1,12-14,16,18-20H2,2-10H3,(H,42,46)(H,43,47)/t23-,26-,27?,28-,29?,32-/m0/s1. The largest absolute Gasteiger partial charge is 0.493 e. The van der Waals surface area contributed by atoms with Crippen molar-refractivity contribution in [1.29, 1.82) is 5.26 Å². The smallest absolute Gasteiger partial charge is 0.408 e. The van der Waals surface area contributed by atoms with Crippen molar-refractivity contribution < 1.29 is 42.7 Å². The molecule has 0 aliphatic carbocycles. The van der Waals surface area contributed by atoms with E-state index >= 15 is 0 Å². The number of nitrogens with zero attached hydrogens (tertiary/aromatic N) is 3. The molecule has 0 saturated carbocycles. The molecule has 2 aromatic rings. The normalized spacial score (nSPS) is 23.4. The quantitative estimate of drug-likeness (QED) is 0.240. The van der Waals surface area contributed by atoms with Crippen LogP contribution >= 0.6 is 0 Å². The van der Waals surface area contributed by atoms with E-state index in [1.54, 1.807) is 48.0 Å². The lowest BCUT2D eigenvalue weighted by atomic mass is 9.76. The molecule has 1 saturated heterocycles. The lowest BCUT2D eigenvalue weighted by molar-refractivity contribution is -0.123. The van der Waals surface area contributed by atoms with E-state index in [2.05, 4.69) is 46.2 Å². The topological polar surface area (TPSA) is 153 Å². The molecule has 4 aliphatic rings. The summed E-state index contributed by atoms with van der Waals surface area (Å²) in [6.45, 7) is 15.1. The number of ether oxygens (including phenoxy) is 7. The summed E-state index contributed by atoms with van der Waals surface area (Å²) in [7, 11) is 5.30. The summed E-state index contributed by atoms with van der Waals surface area (Å²) in [6, 6.07) is 2.07. The molecule has 0 aromatic heterocycles. The van der Waals surface area contributed by atoms with Crippen LogP contribution in [0.3, 0.4) is 0 Å². The summed E-state index contributed by atoms with van der Waals surface area (Å²) in [4.78, 5) is 30.9. The number of rotatable bonds is 11. The fourth-order valence-electron chi connectivity index (χ4n) is 8.73. The predicted octanol–water partition coefficient (Wildman–Crippen LogP) is 4.78. The maximum atomic E-state index is 13.7. The zero-order valence-electron chi connectivity index (χ0n) is 32.8. The fourth-order valence-corrected chi connectivity index (χ4v) is 8.73. The van der Waals surface area contributed by atoms with E-state index in [1.807, 2.05) is 13.8 Å². The molecule has 2 bridgehead atoms. The van der Waals surface area contributed by atoms with Gasteiger partial charge in [0.2, 0.25) is 12.7 Å². The number of aryl methyl sites for hydroxylation is 2. The number of amides is 2. The van der Waals surface area contributed by atoms with Gasteiger partial charge in [-0.2, -0.15) is 5.26 Å². The van der Waals surface area contributed by atoms with Gasteiger partial charge in [-0.15, -0.1) is 0 Å². The van der Waals surface area contributed by atoms with Gasteiger partial charge in [0, 0.05) is 48.0 Å². The van der Waals surface area contributed by atoms with Crippen molar-refractivity contribution in [3.8, 4) is 34.8 Å². The summed E-state index contributed by atoms with van der Waals surface area (Å²) in [6.07, 6.45) is 2.91. The van der Waals surface area contributed by atoms with Crippen LogP contribution in [0.2, 0.25) is 0 Å². The Hall–Kier alpha value is -4.71. The molecule has 14 heteroatoms. The van der Waals surface area contributed by atoms with Gasteiger partial charge in [0.1, 0.15) is 30.0 Å². The lowest BCUT2D eigenvalue weighted by Crippen LogP contribution is -2.66. The number of carbonyl (C=O) groups excluding carboxylic acids is 2. The van der Waals surface area contributed by atoms with Gasteiger partial charge < -0.3 is 43.8 Å². The van der Waals surface area contributed by atoms with E-state index in [4.69, 9.17) is 33.2 Å². The van der Waals surface area contributed by atoms with Crippen LogP contribution < -0.4 is 34.3 Å². The number of benzene rings is 2. The van der Waals surface area contributed by atoms with E-state index in [9.17, 15) is 14.9 Å². The number of carbonyl (C=O) groups is 2. The maximum Gasteiger partial charge on any atom is 0.408 e. The molecule has 292 valence electrons. The molecule has 54 heavy (non-hydrogen) atoms. The average molecular weight is 748 g/mol. The van der Waals surface area contributed by atoms with Crippen molar-refractivity contribution in [2.75, 3.05) is 48.0 Å². The Bertz CT molecular complexity index is 1840. The van der Waals surface area contributed by atoms with Crippen molar-refractivity contribution in [2.45, 2.75) is 103 Å². The number of nitriles is 1. The van der Waals surface area contributed by atoms with Gasteiger partial charge in [-0.3, -0.25) is 14.6 Å². The second kappa shape index (κ2) is 15.6. The van der Waals surface area contributed by atoms with Gasteiger partial charge in [0.15, 0.2) is 29.8 Å². The minimum absolute atomic E-state index is 0.0231. The zero-order valence-corrected chi connectivity index (χ0v) is 32.8. The number of nitrogens with one attached hydrogen (secondary N) is 2. The van der Waals surface area contributed by atoms with Crippen molar-refractivity contribution in [3.63, 3.8) is 0 Å². The van der Waals surface area contributed by atoms with Crippen LogP contribution in [0.15, 0.2) is 18.7 Å². The molecule has 2 unspecified atom stereocenters. The van der Waals surface area contributed by atoms with E-state index in [0.717, 1.165) is 39.8 Å². The van der Waals surface area contributed by atoms with Crippen LogP contribution in [0.25, 0.3) is 0 Å². The predicted molar refractivity (Wildman–Crippen MR) is 199 cm³/mol. The molecule has 2 N–H and O–H groups in total. The Morgan fingerprint density at radius 1 is 1.11 bits per heavy atom. The number of likely N-dealkylation sites (N-methyl/N-ethyl adjacent to an activating group) is 1. The highest BCUT2D eigenvalue weighted by Gasteiger charge is 2.56. The summed E-state index contributed by atoms with van der Waals surface area (Å²) < 4.78 is 41.8. The van der Waals surface area contributed by atoms with Crippen LogP contribution in [-0.4, -0.2) is 99.6 Å². The van der Waals surface area contributed by atoms with Gasteiger partial charge in [-0.25, -0.2) is 4.79 Å². The van der Waals surface area contributed by atoms with E-state index in [1.165, 1.54) is 0 Å². The molecule has 6 atom stereocenters. The van der Waals surface area contributed by atoms with Crippen LogP contribution in [0.5, 0.6) is 28.7 Å². The third kappa shape index (κ3) is 7.00. The molecule has 0 radical (unpaired) electrons. The highest BCUT2D eigenvalue weighted by molar-refractivity contribution is 5.85. The van der Waals surface area contributed by atoms with Gasteiger partial charge in [-0.05, 0) is 79.0 Å². The Morgan fingerprint density at radius 2 is 1.85 bits per heavy atom. The second-order valence-corrected chi connectivity index (χ2v) is 15.3. The first-order chi connectivity index (χ1) is 25.8. The molecule has 14 nitrogen and oxygen atoms in total. The number of piperazine rings is 1. The Balaban J connectivity index is 1.52. The highest BCUT2D eigenvalue weighted by Crippen LogP contribution is 2.58. The summed E-state index contributed by atoms with van der Waals surface area (Å²) in [5.41, 5.74) is 4.84. The van der Waals surface area contributed by atoms with E-state index in [0.29, 0.717) is 41.6 Å². The van der Waals surface area contributed by atoms with Crippen LogP contribution in [-0.2, 0) is 27.1 Å². The molecule has 4 aliphatic heterocycles. The molecule has 0 spiro atoms. The first kappa shape index (κ1) is 39.0. The molecule has 6 rings (SSSR count). The van der Waals surface area contributed by atoms with E-state index < -0.39 is 35.7 Å². The minimum atomic E-state index is -0.904. The number of alkyl carbamates (subject to hydrolysis) is 1. The van der Waals surface area contributed by atoms with Crippen LogP contribution in [0.4, 0.5) is 4.79 Å². The average Bonchev–Trinajstić information content (AvgIpc) is 3.58. The van der Waals surface area contributed by atoms with Crippen LogP contribution in [0, 0.1) is 25.2 Å². The molecular weight excluding hydrogens is 694 g/mol. The van der Waals surface area contributed by atoms with Gasteiger partial charge >= 0.3 is 6.09 Å².